The summed E-state index contributed by atoms with van der Waals surface area (Å²) in [7, 11) is 0. The van der Waals surface area contributed by atoms with Gasteiger partial charge in [-0.1, -0.05) is 41.0 Å². The van der Waals surface area contributed by atoms with E-state index in [4.69, 9.17) is 0 Å². The van der Waals surface area contributed by atoms with Crippen molar-refractivity contribution in [3.05, 3.63) is 0 Å². The Morgan fingerprint density at radius 1 is 1.09 bits per heavy atom. The lowest BCUT2D eigenvalue weighted by molar-refractivity contribution is -0.0678. The molecule has 0 aliphatic heterocycles. The first-order chi connectivity index (χ1) is 4.87. The van der Waals surface area contributed by atoms with Crippen molar-refractivity contribution in [1.82, 2.24) is 0 Å². The van der Waals surface area contributed by atoms with Gasteiger partial charge in [0.05, 0.1) is 5.60 Å². The highest BCUT2D eigenvalue weighted by Crippen LogP contribution is 2.36. The molecule has 0 aliphatic rings. The first-order valence-corrected chi connectivity index (χ1v) is 4.59. The van der Waals surface area contributed by atoms with Gasteiger partial charge in [0, 0.05) is 0 Å². The second-order valence-electron chi connectivity index (χ2n) is 4.39. The van der Waals surface area contributed by atoms with E-state index in [-0.39, 0.29) is 5.41 Å². The monoisotopic (exact) mass is 158 g/mol. The van der Waals surface area contributed by atoms with E-state index in [9.17, 15) is 5.11 Å². The normalized spacial score (nSPS) is 18.0. The summed E-state index contributed by atoms with van der Waals surface area (Å²) in [6, 6.07) is 0. The Bertz CT molecular complexity index is 113. The maximum atomic E-state index is 10.2. The SMILES string of the molecule is CCCC(O)(CC)C(C)(C)C. The molecule has 0 aliphatic carbocycles. The molecule has 0 spiro atoms. The Morgan fingerprint density at radius 2 is 1.55 bits per heavy atom. The predicted octanol–water partition coefficient (Wildman–Crippen LogP) is 2.97. The number of aliphatic hydroxyl groups is 1. The summed E-state index contributed by atoms with van der Waals surface area (Å²) in [5, 5.41) is 10.2. The van der Waals surface area contributed by atoms with Crippen molar-refractivity contribution in [1.29, 1.82) is 0 Å². The van der Waals surface area contributed by atoms with Gasteiger partial charge in [-0.05, 0) is 18.3 Å². The molecule has 0 amide bonds. The molecule has 0 aromatic carbocycles. The first-order valence-electron chi connectivity index (χ1n) is 4.59. The molecule has 0 aromatic rings. The van der Waals surface area contributed by atoms with E-state index in [1.165, 1.54) is 0 Å². The van der Waals surface area contributed by atoms with E-state index in [0.717, 1.165) is 19.3 Å². The molecule has 1 nitrogen and oxygen atoms in total. The minimum Gasteiger partial charge on any atom is -0.389 e. The third-order valence-corrected chi connectivity index (χ3v) is 2.64. The van der Waals surface area contributed by atoms with Crippen LogP contribution in [0.2, 0.25) is 0 Å². The van der Waals surface area contributed by atoms with Crippen LogP contribution in [0.1, 0.15) is 53.9 Å². The summed E-state index contributed by atoms with van der Waals surface area (Å²) in [6.45, 7) is 10.5. The zero-order chi connectivity index (χ0) is 9.12. The van der Waals surface area contributed by atoms with Gasteiger partial charge in [0.1, 0.15) is 0 Å². The van der Waals surface area contributed by atoms with Crippen LogP contribution in [0.25, 0.3) is 0 Å². The second kappa shape index (κ2) is 3.57. The molecule has 0 aromatic heterocycles. The highest BCUT2D eigenvalue weighted by molar-refractivity contribution is 4.88. The minimum atomic E-state index is -0.470. The zero-order valence-electron chi connectivity index (χ0n) is 8.57. The van der Waals surface area contributed by atoms with Crippen molar-refractivity contribution >= 4 is 0 Å². The minimum absolute atomic E-state index is 0.0117. The van der Waals surface area contributed by atoms with E-state index < -0.39 is 5.60 Å². The molecular weight excluding hydrogens is 136 g/mol. The van der Waals surface area contributed by atoms with Gasteiger partial charge in [0.25, 0.3) is 0 Å². The van der Waals surface area contributed by atoms with Crippen LogP contribution in [0.15, 0.2) is 0 Å². The van der Waals surface area contributed by atoms with Crippen LogP contribution in [0.5, 0.6) is 0 Å². The van der Waals surface area contributed by atoms with Crippen LogP contribution in [0, 0.1) is 5.41 Å². The van der Waals surface area contributed by atoms with Crippen molar-refractivity contribution in [3.8, 4) is 0 Å². The Hall–Kier alpha value is -0.0400. The average molecular weight is 158 g/mol. The number of rotatable bonds is 3. The highest BCUT2D eigenvalue weighted by atomic mass is 16.3. The molecule has 1 N–H and O–H groups in total. The first kappa shape index (κ1) is 11.0. The van der Waals surface area contributed by atoms with Crippen LogP contribution in [0.4, 0.5) is 0 Å². The Balaban J connectivity index is 4.33. The van der Waals surface area contributed by atoms with E-state index >= 15 is 0 Å². The van der Waals surface area contributed by atoms with Crippen LogP contribution in [-0.4, -0.2) is 10.7 Å². The molecule has 0 rings (SSSR count). The number of hydrogen-bond donors (Lipinski definition) is 1. The lowest BCUT2D eigenvalue weighted by Gasteiger charge is -2.39. The smallest absolute Gasteiger partial charge is 0.0693 e. The fraction of sp³-hybridized carbons (Fsp3) is 1.00. The Labute approximate surface area is 70.8 Å². The van der Waals surface area contributed by atoms with Gasteiger partial charge in [-0.25, -0.2) is 0 Å². The van der Waals surface area contributed by atoms with Crippen molar-refractivity contribution in [2.75, 3.05) is 0 Å². The predicted molar refractivity (Wildman–Crippen MR) is 49.6 cm³/mol. The van der Waals surface area contributed by atoms with Gasteiger partial charge < -0.3 is 5.11 Å². The summed E-state index contributed by atoms with van der Waals surface area (Å²) in [5.41, 5.74) is -0.459. The molecule has 0 fully saturated rings. The molecule has 0 saturated heterocycles. The summed E-state index contributed by atoms with van der Waals surface area (Å²) >= 11 is 0. The maximum absolute atomic E-state index is 10.2. The Kier molecular flexibility index (Phi) is 3.56. The lowest BCUT2D eigenvalue weighted by atomic mass is 9.72. The average Bonchev–Trinajstić information content (AvgIpc) is 1.86. The van der Waals surface area contributed by atoms with Crippen LogP contribution >= 0.6 is 0 Å². The molecule has 0 saturated carbocycles. The fourth-order valence-electron chi connectivity index (χ4n) is 1.50. The van der Waals surface area contributed by atoms with Gasteiger partial charge in [-0.15, -0.1) is 0 Å². The molecule has 0 radical (unpaired) electrons. The summed E-state index contributed by atoms with van der Waals surface area (Å²) < 4.78 is 0. The van der Waals surface area contributed by atoms with Gasteiger partial charge in [-0.2, -0.15) is 0 Å². The van der Waals surface area contributed by atoms with Gasteiger partial charge in [-0.3, -0.25) is 0 Å². The van der Waals surface area contributed by atoms with Crippen molar-refractivity contribution < 1.29 is 5.11 Å². The van der Waals surface area contributed by atoms with Crippen LogP contribution in [0.3, 0.4) is 0 Å². The third kappa shape index (κ3) is 2.48. The maximum Gasteiger partial charge on any atom is 0.0693 e. The van der Waals surface area contributed by atoms with E-state index in [0.29, 0.717) is 0 Å². The van der Waals surface area contributed by atoms with E-state index in [1.54, 1.807) is 0 Å². The van der Waals surface area contributed by atoms with Gasteiger partial charge in [0.2, 0.25) is 0 Å². The largest absolute Gasteiger partial charge is 0.389 e. The van der Waals surface area contributed by atoms with Gasteiger partial charge in [0.15, 0.2) is 0 Å². The Morgan fingerprint density at radius 3 is 1.64 bits per heavy atom. The van der Waals surface area contributed by atoms with E-state index in [1.807, 2.05) is 0 Å². The van der Waals surface area contributed by atoms with Gasteiger partial charge >= 0.3 is 0 Å². The molecule has 0 heterocycles. The summed E-state index contributed by atoms with van der Waals surface area (Å²) in [6.07, 6.45) is 2.82. The molecule has 11 heavy (non-hydrogen) atoms. The quantitative estimate of drug-likeness (QED) is 0.669. The molecule has 1 unspecified atom stereocenters. The molecule has 1 heteroatoms. The van der Waals surface area contributed by atoms with Crippen LogP contribution < -0.4 is 0 Å². The third-order valence-electron chi connectivity index (χ3n) is 2.64. The summed E-state index contributed by atoms with van der Waals surface area (Å²) in [4.78, 5) is 0. The van der Waals surface area contributed by atoms with Crippen LogP contribution in [-0.2, 0) is 0 Å². The zero-order valence-corrected chi connectivity index (χ0v) is 8.57. The number of hydrogen-bond acceptors (Lipinski definition) is 1. The topological polar surface area (TPSA) is 20.2 Å². The molecule has 68 valence electrons. The second-order valence-corrected chi connectivity index (χ2v) is 4.39. The molecular formula is C10H22O. The fourth-order valence-corrected chi connectivity index (χ4v) is 1.50. The molecule has 1 atom stereocenters. The van der Waals surface area contributed by atoms with Crippen molar-refractivity contribution in [3.63, 3.8) is 0 Å². The molecule has 0 bridgehead atoms. The lowest BCUT2D eigenvalue weighted by Crippen LogP contribution is -2.41. The van der Waals surface area contributed by atoms with E-state index in [2.05, 4.69) is 34.6 Å². The summed E-state index contributed by atoms with van der Waals surface area (Å²) in [5.74, 6) is 0. The standard InChI is InChI=1S/C10H22O/c1-6-8-10(11,7-2)9(3,4)5/h11H,6-8H2,1-5H3. The van der Waals surface area contributed by atoms with Crippen molar-refractivity contribution in [2.45, 2.75) is 59.5 Å². The highest BCUT2D eigenvalue weighted by Gasteiger charge is 2.36. The van der Waals surface area contributed by atoms with Crippen molar-refractivity contribution in [2.24, 2.45) is 5.41 Å².